The number of benzene rings is 1. The van der Waals surface area contributed by atoms with Crippen LogP contribution in [-0.4, -0.2) is 23.7 Å². The van der Waals surface area contributed by atoms with Crippen molar-refractivity contribution in [3.05, 3.63) is 29.8 Å². The number of rotatable bonds is 4. The third-order valence-electron chi connectivity index (χ3n) is 2.37. The number of aliphatic hydroxyl groups excluding tert-OH is 1. The number of hydrogen-bond acceptors (Lipinski definition) is 3. The lowest BCUT2D eigenvalue weighted by Gasteiger charge is -2.19. The summed E-state index contributed by atoms with van der Waals surface area (Å²) in [7, 11) is 0. The molecule has 0 aliphatic heterocycles. The summed E-state index contributed by atoms with van der Waals surface area (Å²) in [6, 6.07) is 1.80. The average molecular weight is 303 g/mol. The van der Waals surface area contributed by atoms with Gasteiger partial charge in [0.25, 0.3) is 0 Å². The molecule has 1 aromatic rings. The third-order valence-corrected chi connectivity index (χ3v) is 2.37. The van der Waals surface area contributed by atoms with E-state index in [0.29, 0.717) is 0 Å². The minimum atomic E-state index is -4.92. The molecule has 20 heavy (non-hydrogen) atoms. The highest BCUT2D eigenvalue weighted by Crippen LogP contribution is 2.29. The first kappa shape index (κ1) is 16.6. The first-order valence-electron chi connectivity index (χ1n) is 5.35. The van der Waals surface area contributed by atoms with Crippen molar-refractivity contribution >= 4 is 0 Å². The van der Waals surface area contributed by atoms with Crippen molar-refractivity contribution in [2.75, 3.05) is 0 Å². The lowest BCUT2D eigenvalue weighted by atomic mass is 10.0. The molecule has 0 saturated carbocycles. The smallest absolute Gasteiger partial charge is 0.406 e. The molecule has 1 aromatic carbocycles. The zero-order valence-corrected chi connectivity index (χ0v) is 9.87. The van der Waals surface area contributed by atoms with Crippen LogP contribution < -0.4 is 10.5 Å². The Kier molecular flexibility index (Phi) is 4.87. The second-order valence-electron chi connectivity index (χ2n) is 4.02. The van der Waals surface area contributed by atoms with Gasteiger partial charge >= 0.3 is 12.5 Å². The molecule has 3 N–H and O–H groups in total. The van der Waals surface area contributed by atoms with E-state index in [2.05, 4.69) is 4.74 Å². The zero-order valence-electron chi connectivity index (χ0n) is 9.87. The lowest BCUT2D eigenvalue weighted by molar-refractivity contribution is -0.274. The van der Waals surface area contributed by atoms with E-state index in [1.807, 2.05) is 0 Å². The van der Waals surface area contributed by atoms with E-state index in [9.17, 15) is 31.4 Å². The lowest BCUT2D eigenvalue weighted by Crippen LogP contribution is -2.38. The number of hydrogen-bond donors (Lipinski definition) is 2. The van der Waals surface area contributed by atoms with E-state index in [4.69, 9.17) is 5.73 Å². The molecule has 0 radical (unpaired) electrons. The molecule has 0 heterocycles. The molecule has 0 spiro atoms. The summed E-state index contributed by atoms with van der Waals surface area (Å²) < 4.78 is 76.2. The number of alkyl halides is 6. The second kappa shape index (κ2) is 5.88. The van der Waals surface area contributed by atoms with E-state index < -0.39 is 36.9 Å². The molecule has 1 rings (SSSR count). The Bertz CT molecular complexity index is 445. The van der Waals surface area contributed by atoms with Crippen molar-refractivity contribution in [3.8, 4) is 5.75 Å². The Labute approximate surface area is 109 Å². The number of aliphatic hydroxyl groups is 1. The Morgan fingerprint density at radius 1 is 1.15 bits per heavy atom. The van der Waals surface area contributed by atoms with Gasteiger partial charge in [-0.05, 0) is 17.7 Å². The molecule has 9 heteroatoms. The van der Waals surface area contributed by atoms with E-state index >= 15 is 0 Å². The van der Waals surface area contributed by atoms with Crippen molar-refractivity contribution < 1.29 is 36.2 Å². The highest BCUT2D eigenvalue weighted by Gasteiger charge is 2.38. The van der Waals surface area contributed by atoms with Gasteiger partial charge in [-0.15, -0.1) is 13.2 Å². The fourth-order valence-corrected chi connectivity index (χ4v) is 1.43. The highest BCUT2D eigenvalue weighted by molar-refractivity contribution is 5.30. The Morgan fingerprint density at radius 2 is 1.75 bits per heavy atom. The molecule has 0 saturated heterocycles. The van der Waals surface area contributed by atoms with Crippen LogP contribution in [0.3, 0.4) is 0 Å². The van der Waals surface area contributed by atoms with E-state index in [-0.39, 0.29) is 5.56 Å². The molecule has 0 fully saturated rings. The molecule has 0 amide bonds. The molecular formula is C11H11F6NO2. The van der Waals surface area contributed by atoms with Gasteiger partial charge in [0.05, 0.1) is 6.10 Å². The van der Waals surface area contributed by atoms with Gasteiger partial charge in [-0.1, -0.05) is 12.1 Å². The summed E-state index contributed by atoms with van der Waals surface area (Å²) in [5, 5.41) is 9.56. The molecule has 114 valence electrons. The molecule has 0 bridgehead atoms. The predicted molar refractivity (Wildman–Crippen MR) is 56.7 cm³/mol. The van der Waals surface area contributed by atoms with E-state index in [1.54, 1.807) is 0 Å². The third kappa shape index (κ3) is 5.25. The second-order valence-corrected chi connectivity index (χ2v) is 4.02. The van der Waals surface area contributed by atoms with Crippen LogP contribution in [0.4, 0.5) is 26.3 Å². The van der Waals surface area contributed by atoms with Crippen molar-refractivity contribution in [2.45, 2.75) is 31.1 Å². The quantitative estimate of drug-likeness (QED) is 0.841. The summed E-state index contributed by atoms with van der Waals surface area (Å²) in [4.78, 5) is 0. The van der Waals surface area contributed by atoms with Crippen LogP contribution >= 0.6 is 0 Å². The average Bonchev–Trinajstić information content (AvgIpc) is 2.25. The fourth-order valence-electron chi connectivity index (χ4n) is 1.43. The van der Waals surface area contributed by atoms with Crippen LogP contribution in [-0.2, 0) is 0 Å². The van der Waals surface area contributed by atoms with Crippen molar-refractivity contribution in [1.29, 1.82) is 0 Å². The number of halogens is 6. The first-order valence-corrected chi connectivity index (χ1v) is 5.35. The molecule has 0 aliphatic carbocycles. The van der Waals surface area contributed by atoms with Crippen LogP contribution in [0.1, 0.15) is 18.1 Å². The topological polar surface area (TPSA) is 55.5 Å². The molecule has 0 aliphatic rings. The summed E-state index contributed by atoms with van der Waals surface area (Å²) in [6.45, 7) is 0. The van der Waals surface area contributed by atoms with E-state index in [1.165, 1.54) is 6.07 Å². The molecule has 2 atom stereocenters. The van der Waals surface area contributed by atoms with Crippen LogP contribution in [0.25, 0.3) is 0 Å². The Balaban J connectivity index is 2.79. The van der Waals surface area contributed by atoms with Crippen molar-refractivity contribution in [1.82, 2.24) is 0 Å². The standard InChI is InChI=1S/C11H11F6NO2/c12-10(13,14)9(18)5-8(19)6-2-1-3-7(4-6)20-11(15,16)17/h1-4,8-9,19H,5,18H2/t8-,9-/m1/s1. The van der Waals surface area contributed by atoms with Crippen LogP contribution in [0.2, 0.25) is 0 Å². The van der Waals surface area contributed by atoms with Gasteiger partial charge in [-0.2, -0.15) is 13.2 Å². The molecular weight excluding hydrogens is 292 g/mol. The van der Waals surface area contributed by atoms with Gasteiger partial charge in [-0.25, -0.2) is 0 Å². The minimum absolute atomic E-state index is 0.147. The molecule has 3 nitrogen and oxygen atoms in total. The fraction of sp³-hybridized carbons (Fsp3) is 0.455. The SMILES string of the molecule is N[C@H](C[C@@H](O)c1cccc(OC(F)(F)F)c1)C(F)(F)F. The largest absolute Gasteiger partial charge is 0.573 e. The molecule has 0 unspecified atom stereocenters. The maximum absolute atomic E-state index is 12.2. The summed E-state index contributed by atoms with van der Waals surface area (Å²) >= 11 is 0. The minimum Gasteiger partial charge on any atom is -0.406 e. The predicted octanol–water partition coefficient (Wildman–Crippen LogP) is 2.90. The maximum Gasteiger partial charge on any atom is 0.573 e. The van der Waals surface area contributed by atoms with Crippen LogP contribution in [0.5, 0.6) is 5.75 Å². The van der Waals surface area contributed by atoms with Gasteiger partial charge in [0.15, 0.2) is 0 Å². The summed E-state index contributed by atoms with van der Waals surface area (Å²) in [5.41, 5.74) is 4.69. The summed E-state index contributed by atoms with van der Waals surface area (Å²) in [6.07, 6.45) is -12.1. The highest BCUT2D eigenvalue weighted by atomic mass is 19.4. The number of ether oxygens (including phenoxy) is 1. The monoisotopic (exact) mass is 303 g/mol. The van der Waals surface area contributed by atoms with Gasteiger partial charge in [-0.3, -0.25) is 0 Å². The van der Waals surface area contributed by atoms with Gasteiger partial charge in [0.1, 0.15) is 11.8 Å². The zero-order chi connectivity index (χ0) is 15.6. The Hall–Kier alpha value is -1.48. The normalized spacial score (nSPS) is 15.8. The van der Waals surface area contributed by atoms with Crippen LogP contribution in [0.15, 0.2) is 24.3 Å². The summed E-state index contributed by atoms with van der Waals surface area (Å²) in [5.74, 6) is -0.630. The van der Waals surface area contributed by atoms with Gasteiger partial charge in [0, 0.05) is 6.42 Å². The Morgan fingerprint density at radius 3 is 2.25 bits per heavy atom. The molecule has 0 aromatic heterocycles. The maximum atomic E-state index is 12.2. The van der Waals surface area contributed by atoms with Crippen molar-refractivity contribution in [2.24, 2.45) is 5.73 Å². The van der Waals surface area contributed by atoms with Gasteiger partial charge < -0.3 is 15.6 Å². The van der Waals surface area contributed by atoms with E-state index in [0.717, 1.165) is 18.2 Å². The van der Waals surface area contributed by atoms with Gasteiger partial charge in [0.2, 0.25) is 0 Å². The van der Waals surface area contributed by atoms with Crippen molar-refractivity contribution in [3.63, 3.8) is 0 Å². The van der Waals surface area contributed by atoms with Crippen LogP contribution in [0, 0.1) is 0 Å². The number of nitrogens with two attached hydrogens (primary N) is 1. The first-order chi connectivity index (χ1) is 8.99.